The Morgan fingerprint density at radius 2 is 1.00 bits per heavy atom. The summed E-state index contributed by atoms with van der Waals surface area (Å²) in [5.41, 5.74) is 8.30. The van der Waals surface area contributed by atoms with Crippen LogP contribution in [0, 0.1) is 0 Å². The smallest absolute Gasteiger partial charge is 0.164 e. The zero-order chi connectivity index (χ0) is 31.2. The van der Waals surface area contributed by atoms with Gasteiger partial charge in [-0.1, -0.05) is 115 Å². The highest BCUT2D eigenvalue weighted by molar-refractivity contribution is 7.26. The molecule has 0 fully saturated rings. The highest BCUT2D eigenvalue weighted by Crippen LogP contribution is 2.41. The van der Waals surface area contributed by atoms with Crippen molar-refractivity contribution in [3.05, 3.63) is 158 Å². The number of rotatable bonds is 5. The number of pyridine rings is 1. The van der Waals surface area contributed by atoms with Crippen LogP contribution >= 0.6 is 11.3 Å². The number of hydrogen-bond acceptors (Lipinski definition) is 5. The van der Waals surface area contributed by atoms with E-state index in [4.69, 9.17) is 19.9 Å². The Morgan fingerprint density at radius 3 is 1.74 bits per heavy atom. The Bertz CT molecular complexity index is 2520. The first-order chi connectivity index (χ1) is 23.3. The lowest BCUT2D eigenvalue weighted by Gasteiger charge is -2.13. The molecule has 0 spiro atoms. The first-order valence-electron chi connectivity index (χ1n) is 15.5. The number of nitrogens with zero attached hydrogens (tertiary/aromatic N) is 4. The minimum Gasteiger partial charge on any atom is -0.255 e. The Balaban J connectivity index is 1.31. The lowest BCUT2D eigenvalue weighted by atomic mass is 9.94. The molecule has 220 valence electrons. The van der Waals surface area contributed by atoms with E-state index < -0.39 is 0 Å². The van der Waals surface area contributed by atoms with Gasteiger partial charge in [0.25, 0.3) is 0 Å². The summed E-state index contributed by atoms with van der Waals surface area (Å²) >= 11 is 1.78. The van der Waals surface area contributed by atoms with E-state index in [0.29, 0.717) is 17.5 Å². The topological polar surface area (TPSA) is 51.6 Å². The minimum absolute atomic E-state index is 0.628. The first-order valence-corrected chi connectivity index (χ1v) is 16.4. The van der Waals surface area contributed by atoms with E-state index in [1.54, 1.807) is 11.3 Å². The fraction of sp³-hybridized carbons (Fsp3) is 0. The van der Waals surface area contributed by atoms with Gasteiger partial charge in [0.1, 0.15) is 0 Å². The van der Waals surface area contributed by atoms with Crippen molar-refractivity contribution in [1.29, 1.82) is 0 Å². The van der Waals surface area contributed by atoms with Crippen LogP contribution in [0.25, 0.3) is 87.5 Å². The summed E-state index contributed by atoms with van der Waals surface area (Å²) < 4.78 is 2.40. The van der Waals surface area contributed by atoms with E-state index in [1.807, 2.05) is 66.9 Å². The normalized spacial score (nSPS) is 11.4. The van der Waals surface area contributed by atoms with Crippen molar-refractivity contribution in [1.82, 2.24) is 19.9 Å². The summed E-state index contributed by atoms with van der Waals surface area (Å²) in [6.45, 7) is 0. The zero-order valence-electron chi connectivity index (χ0n) is 25.2. The summed E-state index contributed by atoms with van der Waals surface area (Å²) in [5, 5.41) is 3.59. The molecule has 0 aliphatic carbocycles. The van der Waals surface area contributed by atoms with Gasteiger partial charge >= 0.3 is 0 Å². The SMILES string of the molecule is c1ccc(-c2nc(-c3ccccc3)nc(-c3cc(-c4ccc5ccccc5c4)cc(-c4ccnc5c4sc4ccccc45)c3)n2)cc1. The molecule has 3 aromatic heterocycles. The van der Waals surface area contributed by atoms with Gasteiger partial charge < -0.3 is 0 Å². The quantitative estimate of drug-likeness (QED) is 0.193. The average molecular weight is 619 g/mol. The van der Waals surface area contributed by atoms with Crippen LogP contribution in [0.4, 0.5) is 0 Å². The number of fused-ring (bicyclic) bond motifs is 4. The summed E-state index contributed by atoms with van der Waals surface area (Å²) in [6.07, 6.45) is 1.92. The molecule has 0 bridgehead atoms. The van der Waals surface area contributed by atoms with Crippen molar-refractivity contribution in [2.75, 3.05) is 0 Å². The van der Waals surface area contributed by atoms with Crippen molar-refractivity contribution >= 4 is 42.4 Å². The van der Waals surface area contributed by atoms with Crippen molar-refractivity contribution < 1.29 is 0 Å². The molecule has 4 nitrogen and oxygen atoms in total. The molecule has 47 heavy (non-hydrogen) atoms. The van der Waals surface area contributed by atoms with E-state index in [0.717, 1.165) is 44.5 Å². The van der Waals surface area contributed by atoms with Crippen LogP contribution < -0.4 is 0 Å². The summed E-state index contributed by atoms with van der Waals surface area (Å²) in [7, 11) is 0. The van der Waals surface area contributed by atoms with Gasteiger partial charge in [0.15, 0.2) is 17.5 Å². The number of aromatic nitrogens is 4. The Labute approximate surface area is 275 Å². The molecule has 9 aromatic rings. The standard InChI is InChI=1S/C42H26N4S/c1-3-12-28(13-4-1)40-44-41(29-14-5-2-6-15-29)46-42(45-40)34-25-32(31-20-19-27-11-7-8-16-30(27)23-31)24-33(26-34)35-21-22-43-38-36-17-9-10-18-37(36)47-39(35)38/h1-26H. The molecule has 0 saturated heterocycles. The number of benzene rings is 6. The Hall–Kier alpha value is -6.04. The molecule has 0 atom stereocenters. The van der Waals surface area contributed by atoms with Gasteiger partial charge in [-0.3, -0.25) is 4.98 Å². The van der Waals surface area contributed by atoms with Crippen molar-refractivity contribution in [2.24, 2.45) is 0 Å². The third-order valence-corrected chi connectivity index (χ3v) is 9.74. The van der Waals surface area contributed by atoms with E-state index >= 15 is 0 Å². The predicted octanol–water partition coefficient (Wildman–Crippen LogP) is 11.1. The largest absolute Gasteiger partial charge is 0.255 e. The van der Waals surface area contributed by atoms with Crippen LogP contribution in [0.15, 0.2) is 158 Å². The second-order valence-corrected chi connectivity index (χ2v) is 12.6. The summed E-state index contributed by atoms with van der Waals surface area (Å²) in [5.74, 6) is 1.91. The molecule has 0 amide bonds. The Morgan fingerprint density at radius 1 is 0.404 bits per heavy atom. The summed E-state index contributed by atoms with van der Waals surface area (Å²) in [6, 6.07) is 52.7. The molecule has 6 aromatic carbocycles. The van der Waals surface area contributed by atoms with Gasteiger partial charge in [0.05, 0.1) is 10.2 Å². The van der Waals surface area contributed by atoms with E-state index in [-0.39, 0.29) is 0 Å². The molecule has 0 N–H and O–H groups in total. The molecule has 0 unspecified atom stereocenters. The highest BCUT2D eigenvalue weighted by atomic mass is 32.1. The molecule has 3 heterocycles. The molecular formula is C42H26N4S. The molecule has 0 saturated carbocycles. The second-order valence-electron chi connectivity index (χ2n) is 11.5. The van der Waals surface area contributed by atoms with Crippen LogP contribution in [0.3, 0.4) is 0 Å². The molecule has 0 radical (unpaired) electrons. The van der Waals surface area contributed by atoms with Gasteiger partial charge in [-0.05, 0) is 63.9 Å². The van der Waals surface area contributed by atoms with Crippen LogP contribution in [-0.2, 0) is 0 Å². The highest BCUT2D eigenvalue weighted by Gasteiger charge is 2.17. The Kier molecular flexibility index (Phi) is 6.61. The van der Waals surface area contributed by atoms with Crippen LogP contribution in [0.2, 0.25) is 0 Å². The molecule has 0 aliphatic rings. The minimum atomic E-state index is 0.628. The van der Waals surface area contributed by atoms with Gasteiger partial charge in [0.2, 0.25) is 0 Å². The second kappa shape index (κ2) is 11.4. The molecule has 0 aliphatic heterocycles. The van der Waals surface area contributed by atoms with Gasteiger partial charge in [-0.25, -0.2) is 15.0 Å². The first kappa shape index (κ1) is 27.3. The maximum absolute atomic E-state index is 5.08. The van der Waals surface area contributed by atoms with E-state index in [9.17, 15) is 0 Å². The molecule has 5 heteroatoms. The van der Waals surface area contributed by atoms with Crippen molar-refractivity contribution in [3.63, 3.8) is 0 Å². The fourth-order valence-electron chi connectivity index (χ4n) is 6.22. The summed E-state index contributed by atoms with van der Waals surface area (Å²) in [4.78, 5) is 19.9. The van der Waals surface area contributed by atoms with Gasteiger partial charge in [-0.2, -0.15) is 0 Å². The third-order valence-electron chi connectivity index (χ3n) is 8.54. The maximum Gasteiger partial charge on any atom is 0.164 e. The van der Waals surface area contributed by atoms with Crippen LogP contribution in [0.1, 0.15) is 0 Å². The third kappa shape index (κ3) is 5.03. The van der Waals surface area contributed by atoms with E-state index in [1.165, 1.54) is 25.6 Å². The number of hydrogen-bond donors (Lipinski definition) is 0. The lowest BCUT2D eigenvalue weighted by molar-refractivity contribution is 1.07. The van der Waals surface area contributed by atoms with E-state index in [2.05, 4.69) is 91.0 Å². The monoisotopic (exact) mass is 618 g/mol. The van der Waals surface area contributed by atoms with Gasteiger partial charge in [0, 0.05) is 38.5 Å². The van der Waals surface area contributed by atoms with Crippen molar-refractivity contribution in [3.8, 4) is 56.4 Å². The van der Waals surface area contributed by atoms with Crippen LogP contribution in [0.5, 0.6) is 0 Å². The zero-order valence-corrected chi connectivity index (χ0v) is 26.0. The lowest BCUT2D eigenvalue weighted by Crippen LogP contribution is -2.00. The fourth-order valence-corrected chi connectivity index (χ4v) is 7.41. The maximum atomic E-state index is 5.08. The van der Waals surface area contributed by atoms with Crippen molar-refractivity contribution in [2.45, 2.75) is 0 Å². The van der Waals surface area contributed by atoms with Gasteiger partial charge in [-0.15, -0.1) is 11.3 Å². The van der Waals surface area contributed by atoms with Crippen LogP contribution in [-0.4, -0.2) is 19.9 Å². The molecule has 9 rings (SSSR count). The predicted molar refractivity (Wildman–Crippen MR) is 195 cm³/mol. The average Bonchev–Trinajstić information content (AvgIpc) is 3.54. The molecular weight excluding hydrogens is 593 g/mol. The number of thiophene rings is 1.